The minimum Gasteiger partial charge on any atom is -0.490 e. The van der Waals surface area contributed by atoms with E-state index in [1.807, 2.05) is 68.4 Å². The molecule has 1 unspecified atom stereocenters. The molecule has 42 heavy (non-hydrogen) atoms. The van der Waals surface area contributed by atoms with Gasteiger partial charge in [0.2, 0.25) is 11.9 Å². The Balaban J connectivity index is 1.12. The third kappa shape index (κ3) is 4.57. The molecule has 7 rings (SSSR count). The number of fused-ring (bicyclic) bond motifs is 6. The molecule has 3 aliphatic rings. The summed E-state index contributed by atoms with van der Waals surface area (Å²) in [4.78, 5) is 36.0. The zero-order valence-corrected chi connectivity index (χ0v) is 24.4. The second-order valence-corrected chi connectivity index (χ2v) is 12.3. The minimum absolute atomic E-state index is 0.0113. The molecule has 11 nitrogen and oxygen atoms in total. The topological polar surface area (TPSA) is 108 Å². The van der Waals surface area contributed by atoms with E-state index in [1.165, 1.54) is 0 Å². The molecule has 11 heteroatoms. The van der Waals surface area contributed by atoms with E-state index in [-0.39, 0.29) is 24.2 Å². The van der Waals surface area contributed by atoms with Crippen molar-refractivity contribution in [2.75, 3.05) is 44.4 Å². The Morgan fingerprint density at radius 1 is 1.07 bits per heavy atom. The molecule has 4 aromatic rings. The first-order chi connectivity index (χ1) is 20.2. The van der Waals surface area contributed by atoms with Gasteiger partial charge in [0.05, 0.1) is 17.9 Å². The van der Waals surface area contributed by atoms with Gasteiger partial charge in [-0.2, -0.15) is 0 Å². The van der Waals surface area contributed by atoms with E-state index in [9.17, 15) is 4.79 Å². The van der Waals surface area contributed by atoms with Crippen LogP contribution in [0.2, 0.25) is 0 Å². The Bertz CT molecular complexity index is 1650. The number of carbonyl (C=O) groups excluding carboxylic acids is 1. The summed E-state index contributed by atoms with van der Waals surface area (Å²) in [6, 6.07) is 12.1. The maximum atomic E-state index is 12.7. The molecule has 1 amide bonds. The molecule has 1 aromatic carbocycles. The monoisotopic (exact) mass is 569 g/mol. The summed E-state index contributed by atoms with van der Waals surface area (Å²) in [5.41, 5.74) is 3.43. The molecular weight excluding hydrogens is 534 g/mol. The number of pyridine rings is 1. The standard InChI is InChI=1S/C31H35N7O4/c1-20-15-36(27(39)17-42-30(2,3)4)11-12-37(20)29-32-13-21(14-33-29)23-9-10-24-28(35-23)38-26(34-24)16-40-18-31(38)19-41-25-8-6-5-7-22(25)31/h5-10,13-14,20H,11-12,15-19H2,1-4H3/t20-,31?/m1/s1. The lowest BCUT2D eigenvalue weighted by atomic mass is 9.91. The van der Waals surface area contributed by atoms with Gasteiger partial charge in [-0.1, -0.05) is 18.2 Å². The average molecular weight is 570 g/mol. The summed E-state index contributed by atoms with van der Waals surface area (Å²) in [6.45, 7) is 11.3. The van der Waals surface area contributed by atoms with Gasteiger partial charge >= 0.3 is 0 Å². The average Bonchev–Trinajstić information content (AvgIpc) is 3.55. The molecule has 218 valence electrons. The second-order valence-electron chi connectivity index (χ2n) is 12.3. The van der Waals surface area contributed by atoms with Gasteiger partial charge < -0.3 is 24.0 Å². The molecule has 1 spiro atoms. The lowest BCUT2D eigenvalue weighted by Crippen LogP contribution is -2.55. The van der Waals surface area contributed by atoms with Crippen LogP contribution in [0.25, 0.3) is 22.4 Å². The van der Waals surface area contributed by atoms with Crippen LogP contribution in [0.1, 0.15) is 39.1 Å². The van der Waals surface area contributed by atoms with Crippen molar-refractivity contribution in [3.8, 4) is 17.0 Å². The molecule has 0 aliphatic carbocycles. The van der Waals surface area contributed by atoms with Crippen molar-refractivity contribution in [3.05, 3.63) is 60.2 Å². The van der Waals surface area contributed by atoms with Crippen molar-refractivity contribution in [2.45, 2.75) is 51.5 Å². The first kappa shape index (κ1) is 26.8. The number of para-hydroxylation sites is 1. The van der Waals surface area contributed by atoms with Gasteiger partial charge in [0.25, 0.3) is 0 Å². The summed E-state index contributed by atoms with van der Waals surface area (Å²) >= 11 is 0. The lowest BCUT2D eigenvalue weighted by Gasteiger charge is -2.40. The zero-order valence-electron chi connectivity index (χ0n) is 24.4. The van der Waals surface area contributed by atoms with Crippen LogP contribution >= 0.6 is 0 Å². The van der Waals surface area contributed by atoms with Gasteiger partial charge in [-0.15, -0.1) is 0 Å². The molecule has 1 saturated heterocycles. The van der Waals surface area contributed by atoms with Crippen molar-refractivity contribution in [3.63, 3.8) is 0 Å². The molecule has 3 aliphatic heterocycles. The van der Waals surface area contributed by atoms with Gasteiger partial charge in [-0.3, -0.25) is 9.36 Å². The van der Waals surface area contributed by atoms with Crippen molar-refractivity contribution in [2.24, 2.45) is 0 Å². The van der Waals surface area contributed by atoms with E-state index in [4.69, 9.17) is 34.1 Å². The second kappa shape index (κ2) is 10.0. The van der Waals surface area contributed by atoms with E-state index in [0.717, 1.165) is 39.6 Å². The number of rotatable bonds is 4. The molecule has 2 atom stereocenters. The number of piperazine rings is 1. The maximum absolute atomic E-state index is 12.7. The Hall–Kier alpha value is -4.09. The predicted octanol–water partition coefficient (Wildman–Crippen LogP) is 3.41. The summed E-state index contributed by atoms with van der Waals surface area (Å²) in [5, 5.41) is 0. The van der Waals surface area contributed by atoms with Crippen LogP contribution in [0.5, 0.6) is 5.75 Å². The molecule has 1 fully saturated rings. The Morgan fingerprint density at radius 3 is 2.67 bits per heavy atom. The largest absolute Gasteiger partial charge is 0.490 e. The number of carbonyl (C=O) groups is 1. The first-order valence-electron chi connectivity index (χ1n) is 14.4. The van der Waals surface area contributed by atoms with Gasteiger partial charge in [0.1, 0.15) is 42.5 Å². The normalized spacial score (nSPS) is 21.9. The fraction of sp³-hybridized carbons (Fsp3) is 0.452. The zero-order chi connectivity index (χ0) is 29.1. The molecule has 0 radical (unpaired) electrons. The van der Waals surface area contributed by atoms with Crippen molar-refractivity contribution < 1.29 is 19.0 Å². The van der Waals surface area contributed by atoms with Gasteiger partial charge in [0, 0.05) is 49.2 Å². The number of ether oxygens (including phenoxy) is 3. The number of hydrogen-bond acceptors (Lipinski definition) is 9. The number of amides is 1. The van der Waals surface area contributed by atoms with Crippen LogP contribution in [0, 0.1) is 0 Å². The van der Waals surface area contributed by atoms with E-state index >= 15 is 0 Å². The summed E-state index contributed by atoms with van der Waals surface area (Å²) in [6.07, 6.45) is 3.64. The van der Waals surface area contributed by atoms with Crippen molar-refractivity contribution >= 4 is 23.0 Å². The van der Waals surface area contributed by atoms with E-state index in [1.54, 1.807) is 0 Å². The van der Waals surface area contributed by atoms with Crippen LogP contribution in [0.3, 0.4) is 0 Å². The van der Waals surface area contributed by atoms with E-state index in [0.29, 0.717) is 45.4 Å². The molecule has 6 heterocycles. The number of anilines is 1. The highest BCUT2D eigenvalue weighted by Gasteiger charge is 2.47. The Morgan fingerprint density at radius 2 is 1.88 bits per heavy atom. The number of imidazole rings is 1. The van der Waals surface area contributed by atoms with Crippen LogP contribution in [-0.4, -0.2) is 86.4 Å². The highest BCUT2D eigenvalue weighted by Crippen LogP contribution is 2.44. The first-order valence-corrected chi connectivity index (χ1v) is 14.4. The summed E-state index contributed by atoms with van der Waals surface area (Å²) in [7, 11) is 0. The number of hydrogen-bond donors (Lipinski definition) is 0. The third-order valence-corrected chi connectivity index (χ3v) is 8.23. The summed E-state index contributed by atoms with van der Waals surface area (Å²) < 4.78 is 20.0. The smallest absolute Gasteiger partial charge is 0.248 e. The van der Waals surface area contributed by atoms with E-state index in [2.05, 4.69) is 22.5 Å². The highest BCUT2D eigenvalue weighted by molar-refractivity contribution is 5.78. The quantitative estimate of drug-likeness (QED) is 0.365. The van der Waals surface area contributed by atoms with Gasteiger partial charge in [-0.05, 0) is 45.9 Å². The predicted molar refractivity (Wildman–Crippen MR) is 156 cm³/mol. The van der Waals surface area contributed by atoms with E-state index < -0.39 is 5.54 Å². The fourth-order valence-corrected chi connectivity index (χ4v) is 6.10. The third-order valence-electron chi connectivity index (χ3n) is 8.23. The molecule has 0 bridgehead atoms. The lowest BCUT2D eigenvalue weighted by molar-refractivity contribution is -0.141. The molecular formula is C31H35N7O4. The summed E-state index contributed by atoms with van der Waals surface area (Å²) in [5.74, 6) is 2.36. The Labute approximate surface area is 244 Å². The maximum Gasteiger partial charge on any atom is 0.248 e. The highest BCUT2D eigenvalue weighted by atomic mass is 16.5. The SMILES string of the molecule is C[C@@H]1CN(C(=O)COC(C)(C)C)CCN1c1ncc(-c2ccc3nc4n(c3n2)C2(COC4)COc3ccccc32)cn1. The number of nitrogens with zero attached hydrogens (tertiary/aromatic N) is 7. The Kier molecular flexibility index (Phi) is 6.39. The van der Waals surface area contributed by atoms with Gasteiger partial charge in [0.15, 0.2) is 5.65 Å². The van der Waals surface area contributed by atoms with Crippen molar-refractivity contribution in [1.82, 2.24) is 29.4 Å². The van der Waals surface area contributed by atoms with Crippen LogP contribution in [-0.2, 0) is 26.4 Å². The minimum atomic E-state index is -0.510. The van der Waals surface area contributed by atoms with Gasteiger partial charge in [-0.25, -0.2) is 19.9 Å². The van der Waals surface area contributed by atoms with Crippen LogP contribution < -0.4 is 9.64 Å². The number of aromatic nitrogens is 5. The van der Waals surface area contributed by atoms with Crippen LogP contribution in [0.4, 0.5) is 5.95 Å². The van der Waals surface area contributed by atoms with Crippen LogP contribution in [0.15, 0.2) is 48.8 Å². The number of benzene rings is 1. The molecule has 0 saturated carbocycles. The molecule has 3 aromatic heterocycles. The molecule has 0 N–H and O–H groups in total. The fourth-order valence-electron chi connectivity index (χ4n) is 6.10. The van der Waals surface area contributed by atoms with Crippen molar-refractivity contribution in [1.29, 1.82) is 0 Å².